The van der Waals surface area contributed by atoms with E-state index in [1.54, 1.807) is 6.92 Å². The summed E-state index contributed by atoms with van der Waals surface area (Å²) < 4.78 is 22.2. The molecule has 178 valence electrons. The van der Waals surface area contributed by atoms with Crippen LogP contribution in [-0.2, 0) is 27.3 Å². The molecule has 0 spiro atoms. The van der Waals surface area contributed by atoms with Gasteiger partial charge in [-0.05, 0) is 60.9 Å². The highest BCUT2D eigenvalue weighted by Gasteiger charge is 2.20. The molecule has 5 nitrogen and oxygen atoms in total. The Bertz CT molecular complexity index is 1010. The maximum Gasteiger partial charge on any atom is 0.335 e. The Labute approximate surface area is 201 Å². The Morgan fingerprint density at radius 2 is 1.47 bits per heavy atom. The molecule has 0 aliphatic carbocycles. The molecule has 3 aromatic rings. The van der Waals surface area contributed by atoms with Crippen molar-refractivity contribution in [1.82, 2.24) is 0 Å². The van der Waals surface area contributed by atoms with Crippen molar-refractivity contribution in [2.24, 2.45) is 0 Å². The predicted octanol–water partition coefficient (Wildman–Crippen LogP) is 5.87. The van der Waals surface area contributed by atoms with Gasteiger partial charge in [0.05, 0.1) is 6.61 Å². The Balaban J connectivity index is 1.43. The fraction of sp³-hybridized carbons (Fsp3) is 0.276. The van der Waals surface area contributed by atoms with E-state index < -0.39 is 6.10 Å². The first-order valence-electron chi connectivity index (χ1n) is 11.6. The number of hydrogen-bond donors (Lipinski definition) is 0. The second kappa shape index (κ2) is 13.9. The van der Waals surface area contributed by atoms with Gasteiger partial charge in [-0.15, -0.1) is 0 Å². The Hall–Kier alpha value is -3.57. The summed E-state index contributed by atoms with van der Waals surface area (Å²) in [5, 5.41) is 0. The number of hydrogen-bond acceptors (Lipinski definition) is 5. The third-order valence-corrected chi connectivity index (χ3v) is 5.05. The summed E-state index contributed by atoms with van der Waals surface area (Å²) in [5.41, 5.74) is 3.21. The van der Waals surface area contributed by atoms with E-state index >= 15 is 0 Å². The second-order valence-corrected chi connectivity index (χ2v) is 7.60. The number of carbonyl (C=O) groups is 1. The molecule has 0 aliphatic rings. The minimum absolute atomic E-state index is 0.328. The van der Waals surface area contributed by atoms with Crippen LogP contribution in [0.15, 0.2) is 84.9 Å². The van der Waals surface area contributed by atoms with Gasteiger partial charge in [-0.3, -0.25) is 0 Å². The lowest BCUT2D eigenvalue weighted by atomic mass is 10.1. The zero-order valence-electron chi connectivity index (χ0n) is 19.8. The zero-order valence-corrected chi connectivity index (χ0v) is 19.8. The summed E-state index contributed by atoms with van der Waals surface area (Å²) in [5.74, 6) is 1.28. The van der Waals surface area contributed by atoms with Gasteiger partial charge in [0.15, 0.2) is 6.10 Å². The third kappa shape index (κ3) is 8.41. The summed E-state index contributed by atoms with van der Waals surface area (Å²) in [7, 11) is 0. The van der Waals surface area contributed by atoms with E-state index in [0.717, 1.165) is 28.2 Å². The lowest BCUT2D eigenvalue weighted by Crippen LogP contribution is -2.28. The summed E-state index contributed by atoms with van der Waals surface area (Å²) in [6.45, 7) is 5.46. The third-order valence-electron chi connectivity index (χ3n) is 5.05. The molecule has 0 radical (unpaired) electrons. The number of benzene rings is 3. The molecule has 0 heterocycles. The van der Waals surface area contributed by atoms with Crippen LogP contribution in [0.5, 0.6) is 11.5 Å². The molecule has 3 aromatic carbocycles. The maximum absolute atomic E-state index is 12.0. The van der Waals surface area contributed by atoms with E-state index in [1.165, 1.54) is 0 Å². The number of esters is 1. The van der Waals surface area contributed by atoms with Crippen LogP contribution >= 0.6 is 0 Å². The van der Waals surface area contributed by atoms with Crippen molar-refractivity contribution in [3.63, 3.8) is 0 Å². The molecule has 5 heteroatoms. The Morgan fingerprint density at radius 1 is 0.794 bits per heavy atom. The summed E-state index contributed by atoms with van der Waals surface area (Å²) >= 11 is 0. The van der Waals surface area contributed by atoms with Gasteiger partial charge in [0.2, 0.25) is 0 Å². The quantitative estimate of drug-likeness (QED) is 0.299. The highest BCUT2D eigenvalue weighted by atomic mass is 16.6. The van der Waals surface area contributed by atoms with Crippen LogP contribution in [0.4, 0.5) is 0 Å². The number of carbonyl (C=O) groups excluding carboxylic acids is 1. The average Bonchev–Trinajstić information content (AvgIpc) is 2.87. The predicted molar refractivity (Wildman–Crippen MR) is 134 cm³/mol. The van der Waals surface area contributed by atoms with Crippen molar-refractivity contribution in [2.45, 2.75) is 33.0 Å². The van der Waals surface area contributed by atoms with Crippen LogP contribution in [0.1, 0.15) is 30.5 Å². The van der Waals surface area contributed by atoms with Gasteiger partial charge in [0.25, 0.3) is 0 Å². The van der Waals surface area contributed by atoms with E-state index in [4.69, 9.17) is 18.9 Å². The van der Waals surface area contributed by atoms with Gasteiger partial charge in [0.1, 0.15) is 24.7 Å². The molecule has 1 atom stereocenters. The molecular weight excluding hydrogens is 428 g/mol. The van der Waals surface area contributed by atoms with E-state index in [1.807, 2.05) is 97.9 Å². The van der Waals surface area contributed by atoms with Crippen molar-refractivity contribution >= 4 is 12.0 Å². The van der Waals surface area contributed by atoms with Crippen molar-refractivity contribution in [3.05, 3.63) is 102 Å². The normalized spacial score (nSPS) is 11.8. The van der Waals surface area contributed by atoms with Gasteiger partial charge in [-0.2, -0.15) is 0 Å². The molecule has 0 aliphatic heterocycles. The molecule has 0 fully saturated rings. The molecule has 0 N–H and O–H groups in total. The molecule has 0 aromatic heterocycles. The molecule has 0 amide bonds. The minimum Gasteiger partial charge on any atom is -0.490 e. The zero-order chi connectivity index (χ0) is 24.0. The first kappa shape index (κ1) is 25.1. The topological polar surface area (TPSA) is 54.0 Å². The first-order chi connectivity index (χ1) is 16.7. The molecule has 0 unspecified atom stereocenters. The number of ether oxygens (including phenoxy) is 4. The van der Waals surface area contributed by atoms with E-state index in [2.05, 4.69) is 0 Å². The molecule has 0 saturated carbocycles. The Morgan fingerprint density at radius 3 is 2.15 bits per heavy atom. The lowest BCUT2D eigenvalue weighted by Gasteiger charge is -2.15. The monoisotopic (exact) mass is 460 g/mol. The van der Waals surface area contributed by atoms with Gasteiger partial charge in [0, 0.05) is 13.0 Å². The van der Waals surface area contributed by atoms with Gasteiger partial charge >= 0.3 is 5.97 Å². The van der Waals surface area contributed by atoms with Crippen molar-refractivity contribution in [3.8, 4) is 11.5 Å². The highest BCUT2D eigenvalue weighted by Crippen LogP contribution is 2.17. The molecule has 0 saturated heterocycles. The SMILES string of the molecule is CCOC(=O)[C@H](Cc1ccc(OC/C=C/c2ccc(OCc3ccccc3)cc2)cc1)OCC. The number of rotatable bonds is 13. The van der Waals surface area contributed by atoms with Gasteiger partial charge in [-0.1, -0.05) is 60.7 Å². The summed E-state index contributed by atoms with van der Waals surface area (Å²) in [6, 6.07) is 25.8. The summed E-state index contributed by atoms with van der Waals surface area (Å²) in [4.78, 5) is 12.0. The first-order valence-corrected chi connectivity index (χ1v) is 11.6. The van der Waals surface area contributed by atoms with Crippen LogP contribution in [0.2, 0.25) is 0 Å². The molecule has 3 rings (SSSR count). The summed E-state index contributed by atoms with van der Waals surface area (Å²) in [6.07, 6.45) is 3.87. The maximum atomic E-state index is 12.0. The smallest absolute Gasteiger partial charge is 0.335 e. The van der Waals surface area contributed by atoms with Gasteiger partial charge < -0.3 is 18.9 Å². The van der Waals surface area contributed by atoms with Crippen LogP contribution in [0.25, 0.3) is 6.08 Å². The fourth-order valence-corrected chi connectivity index (χ4v) is 3.33. The largest absolute Gasteiger partial charge is 0.490 e. The van der Waals surface area contributed by atoms with Crippen molar-refractivity contribution in [1.29, 1.82) is 0 Å². The molecule has 0 bridgehead atoms. The van der Waals surface area contributed by atoms with Crippen LogP contribution < -0.4 is 9.47 Å². The highest BCUT2D eigenvalue weighted by molar-refractivity contribution is 5.75. The van der Waals surface area contributed by atoms with Crippen LogP contribution in [-0.4, -0.2) is 31.9 Å². The van der Waals surface area contributed by atoms with Crippen molar-refractivity contribution < 1.29 is 23.7 Å². The Kier molecular flexibility index (Phi) is 10.2. The standard InChI is InChI=1S/C29H32O5/c1-3-31-28(29(30)32-4-2)21-24-14-18-26(19-15-24)33-20-8-11-23-12-16-27(17-13-23)34-22-25-9-6-5-7-10-25/h5-19,28H,3-4,20-22H2,1-2H3/b11-8+/t28-/m0/s1. The van der Waals surface area contributed by atoms with Crippen molar-refractivity contribution in [2.75, 3.05) is 19.8 Å². The fourth-order valence-electron chi connectivity index (χ4n) is 3.33. The molecule has 34 heavy (non-hydrogen) atoms. The average molecular weight is 461 g/mol. The second-order valence-electron chi connectivity index (χ2n) is 7.60. The van der Waals surface area contributed by atoms with E-state index in [9.17, 15) is 4.79 Å². The van der Waals surface area contributed by atoms with Crippen LogP contribution in [0, 0.1) is 0 Å². The van der Waals surface area contributed by atoms with E-state index in [0.29, 0.717) is 32.8 Å². The van der Waals surface area contributed by atoms with E-state index in [-0.39, 0.29) is 5.97 Å². The van der Waals surface area contributed by atoms with Gasteiger partial charge in [-0.25, -0.2) is 4.79 Å². The lowest BCUT2D eigenvalue weighted by molar-refractivity contribution is -0.156. The van der Waals surface area contributed by atoms with Crippen LogP contribution in [0.3, 0.4) is 0 Å². The minimum atomic E-state index is -0.588. The molecular formula is C29H32O5.